The van der Waals surface area contributed by atoms with Crippen LogP contribution >= 0.6 is 0 Å². The lowest BCUT2D eigenvalue weighted by molar-refractivity contribution is -0.111. The van der Waals surface area contributed by atoms with Crippen LogP contribution in [0.3, 0.4) is 0 Å². The van der Waals surface area contributed by atoms with E-state index in [1.165, 1.54) is 28.1 Å². The van der Waals surface area contributed by atoms with Crippen LogP contribution in [-0.4, -0.2) is 30.1 Å². The first-order valence-corrected chi connectivity index (χ1v) is 12.5. The predicted molar refractivity (Wildman–Crippen MR) is 132 cm³/mol. The molecule has 3 aliphatic heterocycles. The number of carbonyl (C=O) groups is 1. The van der Waals surface area contributed by atoms with E-state index in [1.807, 2.05) is 0 Å². The molecule has 1 unspecified atom stereocenters. The van der Waals surface area contributed by atoms with Crippen molar-refractivity contribution in [1.82, 2.24) is 0 Å². The van der Waals surface area contributed by atoms with Crippen molar-refractivity contribution < 1.29 is 14.6 Å². The van der Waals surface area contributed by atoms with Gasteiger partial charge in [-0.25, -0.2) is 0 Å². The second-order valence-corrected chi connectivity index (χ2v) is 10.4. The molecule has 1 N–H and O–H groups in total. The van der Waals surface area contributed by atoms with Crippen LogP contribution in [0.5, 0.6) is 0 Å². The molecule has 0 aromatic heterocycles. The third kappa shape index (κ3) is 3.89. The highest BCUT2D eigenvalue weighted by Crippen LogP contribution is 2.53. The summed E-state index contributed by atoms with van der Waals surface area (Å²) in [5.74, 6) is 0.828. The van der Waals surface area contributed by atoms with Crippen molar-refractivity contribution >= 4 is 11.5 Å². The molecular formula is C29H35NO3. The minimum absolute atomic E-state index is 0.00945. The van der Waals surface area contributed by atoms with Gasteiger partial charge >= 0.3 is 0 Å². The molecule has 33 heavy (non-hydrogen) atoms. The minimum atomic E-state index is -0.0808. The zero-order valence-electron chi connectivity index (χ0n) is 20.1. The highest BCUT2D eigenvalue weighted by molar-refractivity contribution is 6.06. The van der Waals surface area contributed by atoms with E-state index < -0.39 is 0 Å². The average Bonchev–Trinajstić information content (AvgIpc) is 3.01. The Morgan fingerprint density at radius 1 is 1.09 bits per heavy atom. The standard InChI is InChI=1S/C29H35NO3/c1-19-10-11-24-23(15-19)29(2,3)28-22-17-21-16-20(9-7-5-4-6-8-14-31)25(32)18-27(21)33-26(22)12-13-30(24)28/h10-11,15-18,26,31H,4-9,12-14H2,1-3H3. The number of nitrogens with zero attached hydrogens (tertiary/aromatic N) is 1. The normalized spacial score (nSPS) is 22.5. The van der Waals surface area contributed by atoms with Gasteiger partial charge in [-0.3, -0.25) is 4.79 Å². The Kier molecular flexibility index (Phi) is 5.82. The van der Waals surface area contributed by atoms with Gasteiger partial charge in [-0.05, 0) is 50.0 Å². The van der Waals surface area contributed by atoms with Gasteiger partial charge in [0.15, 0.2) is 5.78 Å². The number of hydrogen-bond acceptors (Lipinski definition) is 4. The summed E-state index contributed by atoms with van der Waals surface area (Å²) >= 11 is 0. The fourth-order valence-corrected chi connectivity index (χ4v) is 5.87. The summed E-state index contributed by atoms with van der Waals surface area (Å²) in [5.41, 5.74) is 8.46. The molecule has 1 atom stereocenters. The Morgan fingerprint density at radius 3 is 2.70 bits per heavy atom. The lowest BCUT2D eigenvalue weighted by Gasteiger charge is -2.40. The first-order valence-electron chi connectivity index (χ1n) is 12.5. The van der Waals surface area contributed by atoms with E-state index in [1.54, 1.807) is 6.08 Å². The van der Waals surface area contributed by atoms with Gasteiger partial charge < -0.3 is 14.7 Å². The number of aryl methyl sites for hydroxylation is 1. The van der Waals surface area contributed by atoms with Gasteiger partial charge in [0, 0.05) is 59.2 Å². The van der Waals surface area contributed by atoms with Crippen molar-refractivity contribution in [3.05, 3.63) is 75.7 Å². The van der Waals surface area contributed by atoms with E-state index in [4.69, 9.17) is 9.84 Å². The van der Waals surface area contributed by atoms with Crippen LogP contribution in [-0.2, 0) is 14.9 Å². The maximum atomic E-state index is 12.7. The van der Waals surface area contributed by atoms with Crippen molar-refractivity contribution in [2.45, 2.75) is 77.2 Å². The summed E-state index contributed by atoms with van der Waals surface area (Å²) in [6.45, 7) is 8.01. The molecule has 0 spiro atoms. The molecule has 4 nitrogen and oxygen atoms in total. The van der Waals surface area contributed by atoms with E-state index in [9.17, 15) is 4.79 Å². The van der Waals surface area contributed by atoms with Gasteiger partial charge in [-0.15, -0.1) is 0 Å². The van der Waals surface area contributed by atoms with Crippen molar-refractivity contribution in [1.29, 1.82) is 0 Å². The fraction of sp³-hybridized carbons (Fsp3) is 0.483. The third-order valence-corrected chi connectivity index (χ3v) is 7.59. The second-order valence-electron chi connectivity index (χ2n) is 10.4. The molecule has 0 bridgehead atoms. The Balaban J connectivity index is 1.45. The molecule has 4 heteroatoms. The Morgan fingerprint density at radius 2 is 1.88 bits per heavy atom. The molecule has 0 radical (unpaired) electrons. The number of aliphatic hydroxyl groups is 1. The van der Waals surface area contributed by atoms with Gasteiger partial charge in [0.2, 0.25) is 0 Å². The van der Waals surface area contributed by atoms with Crippen LogP contribution in [0.2, 0.25) is 0 Å². The molecule has 1 aliphatic carbocycles. The SMILES string of the molecule is Cc1ccc2c(c1)C(C)(C)C1=C3C=C4C=C(CCCCCCCO)C(=O)C=C4OC3CCN12. The quantitative estimate of drug-likeness (QED) is 0.539. The van der Waals surface area contributed by atoms with Crippen LogP contribution in [0.4, 0.5) is 5.69 Å². The van der Waals surface area contributed by atoms with Crippen LogP contribution in [0.25, 0.3) is 0 Å². The fourth-order valence-electron chi connectivity index (χ4n) is 5.87. The number of benzene rings is 1. The van der Waals surface area contributed by atoms with E-state index >= 15 is 0 Å². The predicted octanol–water partition coefficient (Wildman–Crippen LogP) is 5.80. The number of aliphatic hydroxyl groups excluding tert-OH is 1. The van der Waals surface area contributed by atoms with Crippen LogP contribution < -0.4 is 4.90 Å². The van der Waals surface area contributed by atoms with Gasteiger partial charge in [0.05, 0.1) is 0 Å². The number of hydrogen-bond donors (Lipinski definition) is 1. The van der Waals surface area contributed by atoms with Crippen LogP contribution in [0.1, 0.15) is 69.9 Å². The third-order valence-electron chi connectivity index (χ3n) is 7.59. The number of rotatable bonds is 7. The Bertz CT molecular complexity index is 1100. The number of ether oxygens (including phenoxy) is 1. The maximum absolute atomic E-state index is 12.7. The number of anilines is 1. The highest BCUT2D eigenvalue weighted by atomic mass is 16.5. The van der Waals surface area contributed by atoms with Crippen molar-refractivity contribution in [3.8, 4) is 0 Å². The first-order chi connectivity index (χ1) is 15.9. The van der Waals surface area contributed by atoms with Crippen LogP contribution in [0, 0.1) is 6.92 Å². The molecule has 0 fully saturated rings. The zero-order valence-corrected chi connectivity index (χ0v) is 20.1. The number of allylic oxidation sites excluding steroid dienone is 4. The molecule has 0 amide bonds. The van der Waals surface area contributed by atoms with Gasteiger partial charge in [-0.2, -0.15) is 0 Å². The summed E-state index contributed by atoms with van der Waals surface area (Å²) in [4.78, 5) is 15.2. The summed E-state index contributed by atoms with van der Waals surface area (Å²) < 4.78 is 6.43. The summed E-state index contributed by atoms with van der Waals surface area (Å²) in [7, 11) is 0. The lowest BCUT2D eigenvalue weighted by atomic mass is 9.78. The number of ketones is 1. The smallest absolute Gasteiger partial charge is 0.185 e. The topological polar surface area (TPSA) is 49.8 Å². The van der Waals surface area contributed by atoms with Gasteiger partial charge in [0.25, 0.3) is 0 Å². The van der Waals surface area contributed by atoms with Crippen molar-refractivity contribution in [2.24, 2.45) is 0 Å². The molecule has 4 aliphatic rings. The number of unbranched alkanes of at least 4 members (excludes halogenated alkanes) is 4. The number of carbonyl (C=O) groups excluding carboxylic acids is 1. The molecule has 0 saturated carbocycles. The Hall–Kier alpha value is -2.59. The van der Waals surface area contributed by atoms with Gasteiger partial charge in [0.1, 0.15) is 11.9 Å². The van der Waals surface area contributed by atoms with E-state index in [0.29, 0.717) is 0 Å². The zero-order chi connectivity index (χ0) is 23.2. The van der Waals surface area contributed by atoms with Crippen molar-refractivity contribution in [2.75, 3.05) is 18.1 Å². The average molecular weight is 446 g/mol. The maximum Gasteiger partial charge on any atom is 0.185 e. The minimum Gasteiger partial charge on any atom is -0.485 e. The lowest BCUT2D eigenvalue weighted by Crippen LogP contribution is -2.39. The molecule has 0 saturated heterocycles. The van der Waals surface area contributed by atoms with Crippen LogP contribution in [0.15, 0.2) is 64.6 Å². The van der Waals surface area contributed by atoms with E-state index in [-0.39, 0.29) is 23.9 Å². The second kappa shape index (κ2) is 8.64. The molecule has 174 valence electrons. The van der Waals surface area contributed by atoms with Gasteiger partial charge in [-0.1, -0.05) is 50.8 Å². The molecule has 5 rings (SSSR count). The largest absolute Gasteiger partial charge is 0.485 e. The number of fused-ring (bicyclic) bond motifs is 5. The van der Waals surface area contributed by atoms with Crippen molar-refractivity contribution in [3.63, 3.8) is 0 Å². The first kappa shape index (κ1) is 22.2. The monoisotopic (exact) mass is 445 g/mol. The Labute approximate surface area is 197 Å². The van der Waals surface area contributed by atoms with E-state index in [2.05, 4.69) is 56.0 Å². The molecule has 1 aromatic carbocycles. The molecule has 1 aromatic rings. The molecule has 3 heterocycles. The molecular weight excluding hydrogens is 410 g/mol. The summed E-state index contributed by atoms with van der Waals surface area (Å²) in [5, 5.41) is 8.92. The summed E-state index contributed by atoms with van der Waals surface area (Å²) in [6.07, 6.45) is 12.9. The summed E-state index contributed by atoms with van der Waals surface area (Å²) in [6, 6.07) is 6.80. The highest BCUT2D eigenvalue weighted by Gasteiger charge is 2.46. The van der Waals surface area contributed by atoms with E-state index in [0.717, 1.165) is 68.4 Å².